The first kappa shape index (κ1) is 18.0. The molecule has 5 nitrogen and oxygen atoms in total. The summed E-state index contributed by atoms with van der Waals surface area (Å²) in [6.45, 7) is 1.77. The Morgan fingerprint density at radius 2 is 1.73 bits per heavy atom. The zero-order chi connectivity index (χ0) is 18.4. The van der Waals surface area contributed by atoms with Crippen molar-refractivity contribution in [1.29, 1.82) is 0 Å². The average Bonchev–Trinajstić information content (AvgIpc) is 2.69. The summed E-state index contributed by atoms with van der Waals surface area (Å²) in [5.74, 6) is -0.783. The maximum Gasteiger partial charge on any atom is 0.272 e. The molecule has 1 aliphatic heterocycles. The summed E-state index contributed by atoms with van der Waals surface area (Å²) in [6, 6.07) is 11.4. The lowest BCUT2D eigenvalue weighted by Gasteiger charge is -2.26. The summed E-state index contributed by atoms with van der Waals surface area (Å²) in [5.41, 5.74) is 1.03. The van der Waals surface area contributed by atoms with Gasteiger partial charge in [0.25, 0.3) is 11.8 Å². The number of hydrogen-bond donors (Lipinski definition) is 1. The van der Waals surface area contributed by atoms with E-state index in [1.807, 2.05) is 0 Å². The Hall–Kier alpha value is -2.76. The second-order valence-corrected chi connectivity index (χ2v) is 6.36. The first-order valence-electron chi connectivity index (χ1n) is 8.93. The Labute approximate surface area is 152 Å². The molecular weight excluding hydrogens is 333 g/mol. The summed E-state index contributed by atoms with van der Waals surface area (Å²) in [5, 5.41) is 2.73. The zero-order valence-corrected chi connectivity index (χ0v) is 14.6. The van der Waals surface area contributed by atoms with E-state index in [0.29, 0.717) is 18.5 Å². The topological polar surface area (TPSA) is 62.3 Å². The summed E-state index contributed by atoms with van der Waals surface area (Å²) < 4.78 is 13.6. The lowest BCUT2D eigenvalue weighted by atomic mass is 10.1. The summed E-state index contributed by atoms with van der Waals surface area (Å²) in [4.78, 5) is 30.8. The van der Waals surface area contributed by atoms with Crippen molar-refractivity contribution in [3.8, 4) is 0 Å². The molecule has 0 aliphatic carbocycles. The number of carbonyl (C=O) groups excluding carboxylic acids is 2. The zero-order valence-electron chi connectivity index (χ0n) is 14.6. The van der Waals surface area contributed by atoms with Crippen LogP contribution in [-0.2, 0) is 6.42 Å². The summed E-state index contributed by atoms with van der Waals surface area (Å²) >= 11 is 0. The van der Waals surface area contributed by atoms with Crippen LogP contribution >= 0.6 is 0 Å². The average molecular weight is 355 g/mol. The van der Waals surface area contributed by atoms with E-state index < -0.39 is 0 Å². The Morgan fingerprint density at radius 1 is 1.00 bits per heavy atom. The minimum absolute atomic E-state index is 0.134. The van der Waals surface area contributed by atoms with Crippen LogP contribution in [0.3, 0.4) is 0 Å². The predicted molar refractivity (Wildman–Crippen MR) is 96.4 cm³/mol. The second kappa shape index (κ2) is 8.56. The van der Waals surface area contributed by atoms with E-state index in [0.717, 1.165) is 32.4 Å². The fraction of sp³-hybridized carbons (Fsp3) is 0.350. The van der Waals surface area contributed by atoms with Crippen LogP contribution in [-0.4, -0.2) is 41.3 Å². The van der Waals surface area contributed by atoms with Crippen molar-refractivity contribution in [3.05, 3.63) is 65.2 Å². The molecule has 0 spiro atoms. The van der Waals surface area contributed by atoms with Gasteiger partial charge in [0.15, 0.2) is 0 Å². The van der Waals surface area contributed by atoms with Gasteiger partial charge in [-0.05, 0) is 49.4 Å². The lowest BCUT2D eigenvalue weighted by Crippen LogP contribution is -2.36. The lowest BCUT2D eigenvalue weighted by molar-refractivity contribution is 0.0718. The molecule has 0 saturated carbocycles. The van der Waals surface area contributed by atoms with Crippen molar-refractivity contribution in [2.24, 2.45) is 0 Å². The minimum atomic E-state index is -0.366. The van der Waals surface area contributed by atoms with Crippen molar-refractivity contribution < 1.29 is 14.0 Å². The van der Waals surface area contributed by atoms with Gasteiger partial charge in [0.2, 0.25) is 0 Å². The van der Waals surface area contributed by atoms with Crippen LogP contribution in [0.2, 0.25) is 0 Å². The van der Waals surface area contributed by atoms with Gasteiger partial charge in [-0.25, -0.2) is 9.37 Å². The van der Waals surface area contributed by atoms with Crippen LogP contribution in [0.5, 0.6) is 0 Å². The van der Waals surface area contributed by atoms with Crippen LogP contribution in [0.4, 0.5) is 4.39 Å². The standard InChI is InChI=1S/C20H22FN3O2/c21-16-8-3-2-7-15(16)11-12-22-19(25)17-9-6-10-18(23-17)20(26)24-13-4-1-5-14-24/h2-3,6-10H,1,4-5,11-14H2,(H,22,25). The van der Waals surface area contributed by atoms with Crippen LogP contribution < -0.4 is 5.32 Å². The number of halogens is 1. The molecule has 2 heterocycles. The van der Waals surface area contributed by atoms with Gasteiger partial charge in [-0.2, -0.15) is 0 Å². The Morgan fingerprint density at radius 3 is 2.50 bits per heavy atom. The van der Waals surface area contributed by atoms with Gasteiger partial charge in [-0.15, -0.1) is 0 Å². The van der Waals surface area contributed by atoms with E-state index in [9.17, 15) is 14.0 Å². The molecule has 2 amide bonds. The molecule has 2 aromatic rings. The number of likely N-dealkylation sites (tertiary alicyclic amines) is 1. The molecule has 1 N–H and O–H groups in total. The van der Waals surface area contributed by atoms with Gasteiger partial charge in [0, 0.05) is 19.6 Å². The number of benzene rings is 1. The third-order valence-corrected chi connectivity index (χ3v) is 4.48. The molecule has 0 bridgehead atoms. The number of aromatic nitrogens is 1. The number of amides is 2. The maximum atomic E-state index is 13.6. The van der Waals surface area contributed by atoms with E-state index >= 15 is 0 Å². The Bertz CT molecular complexity index is 788. The van der Waals surface area contributed by atoms with E-state index in [2.05, 4.69) is 10.3 Å². The molecule has 6 heteroatoms. The van der Waals surface area contributed by atoms with Gasteiger partial charge in [-0.1, -0.05) is 24.3 Å². The molecule has 1 aromatic heterocycles. The highest BCUT2D eigenvalue weighted by Gasteiger charge is 2.20. The SMILES string of the molecule is O=C(NCCc1ccccc1F)c1cccc(C(=O)N2CCCCC2)n1. The third-order valence-electron chi connectivity index (χ3n) is 4.48. The monoisotopic (exact) mass is 355 g/mol. The van der Waals surface area contributed by atoms with Crippen molar-refractivity contribution in [1.82, 2.24) is 15.2 Å². The van der Waals surface area contributed by atoms with Crippen molar-refractivity contribution in [3.63, 3.8) is 0 Å². The van der Waals surface area contributed by atoms with E-state index in [-0.39, 0.29) is 29.0 Å². The molecule has 0 radical (unpaired) electrons. The number of nitrogens with one attached hydrogen (secondary N) is 1. The van der Waals surface area contributed by atoms with Crippen LogP contribution in [0.1, 0.15) is 45.8 Å². The molecule has 26 heavy (non-hydrogen) atoms. The van der Waals surface area contributed by atoms with Crippen molar-refractivity contribution in [2.75, 3.05) is 19.6 Å². The largest absolute Gasteiger partial charge is 0.350 e. The maximum absolute atomic E-state index is 13.6. The van der Waals surface area contributed by atoms with Crippen LogP contribution in [0.15, 0.2) is 42.5 Å². The second-order valence-electron chi connectivity index (χ2n) is 6.36. The molecule has 136 valence electrons. The van der Waals surface area contributed by atoms with Crippen molar-refractivity contribution >= 4 is 11.8 Å². The van der Waals surface area contributed by atoms with Gasteiger partial charge >= 0.3 is 0 Å². The number of carbonyl (C=O) groups is 2. The van der Waals surface area contributed by atoms with Gasteiger partial charge in [-0.3, -0.25) is 9.59 Å². The molecule has 0 unspecified atom stereocenters. The number of rotatable bonds is 5. The predicted octanol–water partition coefficient (Wildman–Crippen LogP) is 2.82. The molecule has 1 aromatic carbocycles. The number of nitrogens with zero attached hydrogens (tertiary/aromatic N) is 2. The van der Waals surface area contributed by atoms with Gasteiger partial charge in [0.1, 0.15) is 17.2 Å². The number of pyridine rings is 1. The highest BCUT2D eigenvalue weighted by Crippen LogP contribution is 2.12. The van der Waals surface area contributed by atoms with E-state index in [4.69, 9.17) is 0 Å². The van der Waals surface area contributed by atoms with E-state index in [1.54, 1.807) is 41.3 Å². The van der Waals surface area contributed by atoms with Crippen LogP contribution in [0.25, 0.3) is 0 Å². The smallest absolute Gasteiger partial charge is 0.272 e. The molecule has 1 fully saturated rings. The highest BCUT2D eigenvalue weighted by molar-refractivity contribution is 5.96. The van der Waals surface area contributed by atoms with Crippen LogP contribution in [0, 0.1) is 5.82 Å². The van der Waals surface area contributed by atoms with Gasteiger partial charge in [0.05, 0.1) is 0 Å². The molecular formula is C20H22FN3O2. The summed E-state index contributed by atoms with van der Waals surface area (Å²) in [6.07, 6.45) is 3.54. The normalized spacial score (nSPS) is 14.1. The third kappa shape index (κ3) is 4.45. The quantitative estimate of drug-likeness (QED) is 0.897. The van der Waals surface area contributed by atoms with E-state index in [1.165, 1.54) is 6.07 Å². The molecule has 0 atom stereocenters. The fourth-order valence-corrected chi connectivity index (χ4v) is 3.04. The molecule has 1 saturated heterocycles. The fourth-order valence-electron chi connectivity index (χ4n) is 3.04. The van der Waals surface area contributed by atoms with Crippen molar-refractivity contribution in [2.45, 2.75) is 25.7 Å². The first-order chi connectivity index (χ1) is 12.6. The first-order valence-corrected chi connectivity index (χ1v) is 8.93. The number of piperidine rings is 1. The molecule has 1 aliphatic rings. The molecule has 3 rings (SSSR count). The highest BCUT2D eigenvalue weighted by atomic mass is 19.1. The Balaban J connectivity index is 1.59. The Kier molecular flexibility index (Phi) is 5.94. The minimum Gasteiger partial charge on any atom is -0.350 e. The number of hydrogen-bond acceptors (Lipinski definition) is 3. The summed E-state index contributed by atoms with van der Waals surface area (Å²) in [7, 11) is 0. The van der Waals surface area contributed by atoms with Gasteiger partial charge < -0.3 is 10.2 Å².